The van der Waals surface area contributed by atoms with E-state index < -0.39 is 39.8 Å². The molecule has 0 radical (unpaired) electrons. The number of hydrogen-bond acceptors (Lipinski definition) is 6. The maximum Gasteiger partial charge on any atom is 0.242 e. The number of carbonyl (C=O) groups excluding carboxylic acids is 3. The molecule has 244 valence electrons. The van der Waals surface area contributed by atoms with Crippen molar-refractivity contribution >= 4 is 33.6 Å². The molecule has 8 N–H and O–H groups in total. The summed E-state index contributed by atoms with van der Waals surface area (Å²) in [6.45, 7) is 0.0981. The largest absolute Gasteiger partial charge is 0.384 e. The molecule has 3 amide bonds. The Morgan fingerprint density at radius 2 is 1.26 bits per heavy atom. The quantitative estimate of drug-likeness (QED) is 0.0793. The second-order valence-electron chi connectivity index (χ2n) is 11.1. The van der Waals surface area contributed by atoms with E-state index in [0.29, 0.717) is 22.3 Å². The summed E-state index contributed by atoms with van der Waals surface area (Å²) in [4.78, 5) is 38.6. The van der Waals surface area contributed by atoms with Gasteiger partial charge in [0.15, 0.2) is 0 Å². The fourth-order valence-corrected chi connectivity index (χ4v) is 6.22. The molecule has 0 spiro atoms. The van der Waals surface area contributed by atoms with Gasteiger partial charge in [-0.05, 0) is 40.7 Å². The number of nitrogens with one attached hydrogen (secondary N) is 4. The molecule has 11 nitrogen and oxygen atoms in total. The van der Waals surface area contributed by atoms with Crippen molar-refractivity contribution in [3.63, 3.8) is 0 Å². The lowest BCUT2D eigenvalue weighted by Crippen LogP contribution is -2.54. The second kappa shape index (κ2) is 16.3. The van der Waals surface area contributed by atoms with Crippen molar-refractivity contribution in [3.8, 4) is 11.1 Å². The summed E-state index contributed by atoms with van der Waals surface area (Å²) in [5.74, 6) is -2.40. The summed E-state index contributed by atoms with van der Waals surface area (Å²) in [5.41, 5.74) is 15.3. The number of primary amides is 1. The molecule has 4 aromatic carbocycles. The van der Waals surface area contributed by atoms with Crippen LogP contribution < -0.4 is 26.8 Å². The highest BCUT2D eigenvalue weighted by Crippen LogP contribution is 2.20. The van der Waals surface area contributed by atoms with E-state index in [2.05, 4.69) is 15.4 Å². The molecular weight excluding hydrogens is 616 g/mol. The van der Waals surface area contributed by atoms with E-state index in [1.807, 2.05) is 54.6 Å². The number of nitrogens with two attached hydrogens (primary N) is 2. The Morgan fingerprint density at radius 1 is 0.681 bits per heavy atom. The molecule has 0 aromatic heterocycles. The van der Waals surface area contributed by atoms with Gasteiger partial charge in [0.1, 0.15) is 17.9 Å². The Labute approximate surface area is 274 Å². The molecule has 0 aliphatic rings. The van der Waals surface area contributed by atoms with Crippen molar-refractivity contribution in [2.45, 2.75) is 43.6 Å². The zero-order valence-electron chi connectivity index (χ0n) is 25.7. The van der Waals surface area contributed by atoms with Crippen molar-refractivity contribution in [2.24, 2.45) is 11.5 Å². The van der Waals surface area contributed by atoms with E-state index in [1.54, 1.807) is 54.6 Å². The van der Waals surface area contributed by atoms with Crippen LogP contribution in [0.4, 0.5) is 0 Å². The van der Waals surface area contributed by atoms with Crippen molar-refractivity contribution in [1.29, 1.82) is 5.41 Å². The molecule has 0 bridgehead atoms. The predicted octanol–water partition coefficient (Wildman–Crippen LogP) is 2.74. The molecule has 0 aliphatic carbocycles. The van der Waals surface area contributed by atoms with Gasteiger partial charge >= 0.3 is 0 Å². The molecule has 12 heteroatoms. The summed E-state index contributed by atoms with van der Waals surface area (Å²) in [6, 6.07) is 30.0. The Balaban J connectivity index is 1.53. The lowest BCUT2D eigenvalue weighted by molar-refractivity contribution is -0.130. The minimum atomic E-state index is -4.00. The Hall–Kier alpha value is -5.33. The predicted molar refractivity (Wildman–Crippen MR) is 181 cm³/mol. The van der Waals surface area contributed by atoms with Gasteiger partial charge in [-0.3, -0.25) is 19.8 Å². The van der Waals surface area contributed by atoms with E-state index in [9.17, 15) is 22.8 Å². The van der Waals surface area contributed by atoms with Crippen LogP contribution >= 0.6 is 0 Å². The van der Waals surface area contributed by atoms with Gasteiger partial charge in [-0.1, -0.05) is 109 Å². The maximum atomic E-state index is 13.7. The maximum absolute atomic E-state index is 13.7. The van der Waals surface area contributed by atoms with Crippen molar-refractivity contribution in [2.75, 3.05) is 0 Å². The molecule has 47 heavy (non-hydrogen) atoms. The zero-order valence-corrected chi connectivity index (χ0v) is 26.5. The van der Waals surface area contributed by atoms with Gasteiger partial charge in [-0.15, -0.1) is 0 Å². The average Bonchev–Trinajstić information content (AvgIpc) is 3.06. The second-order valence-corrected chi connectivity index (χ2v) is 12.8. The molecular formula is C35H38N6O5S. The number of amides is 3. The highest BCUT2D eigenvalue weighted by molar-refractivity contribution is 7.88. The summed E-state index contributed by atoms with van der Waals surface area (Å²) in [5, 5.41) is 12.9. The van der Waals surface area contributed by atoms with Crippen LogP contribution in [0.3, 0.4) is 0 Å². The number of amidine groups is 1. The number of benzene rings is 4. The van der Waals surface area contributed by atoms with Gasteiger partial charge in [0.05, 0.1) is 5.75 Å². The SMILES string of the molecule is N=C(N)c1ccc(CNC(=O)[C@H](CCC(N)=O)NC(=O)[C@@H](Cc2ccc(-c3ccccc3)cc2)NS(=O)(=O)Cc2ccccc2)cc1. The standard InChI is InChI=1S/C35H38N6O5S/c36-32(42)20-19-30(34(43)39-22-25-13-17-29(18-14-25)33(37)38)40-35(44)31(41-47(45,46)23-26-7-3-1-4-8-26)21-24-11-15-28(16-12-24)27-9-5-2-6-10-27/h1-18,30-31,41H,19-23H2,(H2,36,42)(H3,37,38)(H,39,43)(H,40,44)/t30-,31+/m0/s1. The van der Waals surface area contributed by atoms with E-state index in [-0.39, 0.29) is 37.4 Å². The topological polar surface area (TPSA) is 197 Å². The Morgan fingerprint density at radius 3 is 1.85 bits per heavy atom. The molecule has 0 unspecified atom stereocenters. The fraction of sp³-hybridized carbons (Fsp3) is 0.200. The van der Waals surface area contributed by atoms with Crippen molar-refractivity contribution in [1.82, 2.24) is 15.4 Å². The molecule has 0 fully saturated rings. The van der Waals surface area contributed by atoms with Crippen LogP contribution in [0.1, 0.15) is 35.1 Å². The summed E-state index contributed by atoms with van der Waals surface area (Å²) >= 11 is 0. The van der Waals surface area contributed by atoms with Gasteiger partial charge in [0.25, 0.3) is 0 Å². The Kier molecular flexibility index (Phi) is 12.0. The van der Waals surface area contributed by atoms with E-state index in [0.717, 1.165) is 11.1 Å². The summed E-state index contributed by atoms with van der Waals surface area (Å²) in [6.07, 6.45) is -0.274. The molecule has 0 saturated carbocycles. The first kappa shape index (κ1) is 34.5. The minimum absolute atomic E-state index is 0.00157. The molecule has 0 aliphatic heterocycles. The van der Waals surface area contributed by atoms with Crippen LogP contribution in [-0.4, -0.2) is 44.1 Å². The first-order valence-electron chi connectivity index (χ1n) is 15.0. The fourth-order valence-electron chi connectivity index (χ4n) is 4.88. The number of nitrogen functional groups attached to an aromatic ring is 1. The van der Waals surface area contributed by atoms with Gasteiger partial charge < -0.3 is 22.1 Å². The first-order chi connectivity index (χ1) is 22.5. The van der Waals surface area contributed by atoms with Crippen molar-refractivity contribution < 1.29 is 22.8 Å². The summed E-state index contributed by atoms with van der Waals surface area (Å²) < 4.78 is 29.0. The van der Waals surface area contributed by atoms with Crippen LogP contribution in [0.5, 0.6) is 0 Å². The van der Waals surface area contributed by atoms with Crippen LogP contribution in [0, 0.1) is 5.41 Å². The van der Waals surface area contributed by atoms with Crippen LogP contribution in [0.2, 0.25) is 0 Å². The summed E-state index contributed by atoms with van der Waals surface area (Å²) in [7, 11) is -4.00. The van der Waals surface area contributed by atoms with Gasteiger partial charge in [-0.25, -0.2) is 13.1 Å². The lowest BCUT2D eigenvalue weighted by Gasteiger charge is -2.23. The van der Waals surface area contributed by atoms with Crippen molar-refractivity contribution in [3.05, 3.63) is 131 Å². The van der Waals surface area contributed by atoms with Crippen LogP contribution in [0.25, 0.3) is 11.1 Å². The molecule has 0 heterocycles. The van der Waals surface area contributed by atoms with Crippen LogP contribution in [0.15, 0.2) is 109 Å². The van der Waals surface area contributed by atoms with E-state index >= 15 is 0 Å². The highest BCUT2D eigenvalue weighted by Gasteiger charge is 2.29. The number of hydrogen-bond donors (Lipinski definition) is 6. The molecule has 4 aromatic rings. The van der Waals surface area contributed by atoms with E-state index in [1.165, 1.54) is 0 Å². The number of rotatable bonds is 16. The highest BCUT2D eigenvalue weighted by atomic mass is 32.2. The third kappa shape index (κ3) is 10.9. The lowest BCUT2D eigenvalue weighted by atomic mass is 10.0. The third-order valence-electron chi connectivity index (χ3n) is 7.38. The average molecular weight is 655 g/mol. The number of sulfonamides is 1. The minimum Gasteiger partial charge on any atom is -0.384 e. The molecule has 2 atom stereocenters. The third-order valence-corrected chi connectivity index (χ3v) is 8.74. The number of carbonyl (C=O) groups is 3. The monoisotopic (exact) mass is 654 g/mol. The van der Waals surface area contributed by atoms with Crippen LogP contribution in [-0.2, 0) is 43.1 Å². The van der Waals surface area contributed by atoms with Gasteiger partial charge in [-0.2, -0.15) is 0 Å². The normalized spacial score (nSPS) is 12.4. The molecule has 4 rings (SSSR count). The van der Waals surface area contributed by atoms with Gasteiger partial charge in [0.2, 0.25) is 27.7 Å². The first-order valence-corrected chi connectivity index (χ1v) is 16.6. The Bertz CT molecular complexity index is 1780. The smallest absolute Gasteiger partial charge is 0.242 e. The van der Waals surface area contributed by atoms with Gasteiger partial charge in [0, 0.05) is 18.5 Å². The molecule has 0 saturated heterocycles. The van der Waals surface area contributed by atoms with E-state index in [4.69, 9.17) is 16.9 Å². The zero-order chi connectivity index (χ0) is 33.8.